The summed E-state index contributed by atoms with van der Waals surface area (Å²) < 4.78 is 0. The normalized spacial score (nSPS) is 12.8. The van der Waals surface area contributed by atoms with Crippen LogP contribution in [-0.2, 0) is 6.54 Å². The highest BCUT2D eigenvalue weighted by Crippen LogP contribution is 2.24. The SMILES string of the molecule is CC(C)(C)CC(C)(C)[NH2+]Cc1cccnc1. The van der Waals surface area contributed by atoms with E-state index in [1.54, 1.807) is 0 Å². The van der Waals surface area contributed by atoms with E-state index in [9.17, 15) is 0 Å². The Balaban J connectivity index is 2.48. The molecule has 0 unspecified atom stereocenters. The average molecular weight is 221 g/mol. The van der Waals surface area contributed by atoms with Crippen LogP contribution in [0.5, 0.6) is 0 Å². The van der Waals surface area contributed by atoms with Gasteiger partial charge in [-0.3, -0.25) is 4.98 Å². The number of nitrogens with zero attached hydrogens (tertiary/aromatic N) is 1. The zero-order valence-electron chi connectivity index (χ0n) is 11.2. The second-order valence-electron chi connectivity index (χ2n) is 6.50. The minimum absolute atomic E-state index is 0.286. The highest BCUT2D eigenvalue weighted by atomic mass is 15.0. The minimum Gasteiger partial charge on any atom is -0.338 e. The van der Waals surface area contributed by atoms with E-state index in [1.807, 2.05) is 18.5 Å². The number of pyridine rings is 1. The zero-order chi connectivity index (χ0) is 12.2. The van der Waals surface area contributed by atoms with Gasteiger partial charge in [0.15, 0.2) is 0 Å². The Kier molecular flexibility index (Phi) is 4.09. The molecule has 0 aliphatic carbocycles. The number of nitrogens with two attached hydrogens (primary N) is 1. The van der Waals surface area contributed by atoms with E-state index in [0.717, 1.165) is 6.54 Å². The van der Waals surface area contributed by atoms with Crippen LogP contribution in [0.3, 0.4) is 0 Å². The Hall–Kier alpha value is -0.890. The molecule has 0 spiro atoms. The summed E-state index contributed by atoms with van der Waals surface area (Å²) in [6, 6.07) is 4.14. The molecule has 16 heavy (non-hydrogen) atoms. The second kappa shape index (κ2) is 4.96. The fourth-order valence-electron chi connectivity index (χ4n) is 2.35. The van der Waals surface area contributed by atoms with E-state index in [4.69, 9.17) is 0 Å². The summed E-state index contributed by atoms with van der Waals surface area (Å²) in [7, 11) is 0. The van der Waals surface area contributed by atoms with Crippen molar-refractivity contribution in [2.45, 2.75) is 53.1 Å². The molecule has 1 aromatic heterocycles. The maximum atomic E-state index is 4.14. The molecule has 2 nitrogen and oxygen atoms in total. The minimum atomic E-state index is 0.286. The lowest BCUT2D eigenvalue weighted by Gasteiger charge is -2.30. The van der Waals surface area contributed by atoms with Crippen LogP contribution in [0.1, 0.15) is 46.6 Å². The molecule has 2 heteroatoms. The molecule has 0 bridgehead atoms. The fourth-order valence-corrected chi connectivity index (χ4v) is 2.35. The van der Waals surface area contributed by atoms with Gasteiger partial charge in [0, 0.05) is 24.4 Å². The maximum absolute atomic E-state index is 4.14. The van der Waals surface area contributed by atoms with Crippen molar-refractivity contribution in [2.75, 3.05) is 0 Å². The van der Waals surface area contributed by atoms with Crippen molar-refractivity contribution < 1.29 is 5.32 Å². The van der Waals surface area contributed by atoms with Crippen molar-refractivity contribution in [1.29, 1.82) is 0 Å². The molecular formula is C14H25N2+. The highest BCUT2D eigenvalue weighted by molar-refractivity contribution is 5.06. The van der Waals surface area contributed by atoms with Crippen molar-refractivity contribution in [2.24, 2.45) is 5.41 Å². The summed E-state index contributed by atoms with van der Waals surface area (Å²) in [4.78, 5) is 4.14. The maximum Gasteiger partial charge on any atom is 0.103 e. The largest absolute Gasteiger partial charge is 0.338 e. The number of hydrogen-bond donors (Lipinski definition) is 1. The molecule has 0 aromatic carbocycles. The van der Waals surface area contributed by atoms with Gasteiger partial charge in [-0.05, 0) is 25.3 Å². The Labute approximate surface area is 99.5 Å². The first-order valence-corrected chi connectivity index (χ1v) is 6.02. The summed E-state index contributed by atoms with van der Waals surface area (Å²) in [6.45, 7) is 12.5. The van der Waals surface area contributed by atoms with Gasteiger partial charge in [-0.25, -0.2) is 0 Å². The molecule has 0 aliphatic rings. The topological polar surface area (TPSA) is 29.5 Å². The van der Waals surface area contributed by atoms with Gasteiger partial charge < -0.3 is 5.32 Å². The van der Waals surface area contributed by atoms with Crippen LogP contribution in [0.4, 0.5) is 0 Å². The first-order valence-electron chi connectivity index (χ1n) is 6.02. The van der Waals surface area contributed by atoms with E-state index in [2.05, 4.69) is 51.0 Å². The van der Waals surface area contributed by atoms with Crippen LogP contribution in [0.15, 0.2) is 24.5 Å². The lowest BCUT2D eigenvalue weighted by molar-refractivity contribution is -0.737. The van der Waals surface area contributed by atoms with Crippen LogP contribution < -0.4 is 5.32 Å². The third kappa shape index (κ3) is 5.26. The smallest absolute Gasteiger partial charge is 0.103 e. The number of quaternary nitrogens is 1. The van der Waals surface area contributed by atoms with E-state index in [1.165, 1.54) is 12.0 Å². The molecule has 1 rings (SSSR count). The summed E-state index contributed by atoms with van der Waals surface area (Å²) in [6.07, 6.45) is 4.98. The number of aromatic nitrogens is 1. The summed E-state index contributed by atoms with van der Waals surface area (Å²) >= 11 is 0. The van der Waals surface area contributed by atoms with Gasteiger partial charge >= 0.3 is 0 Å². The van der Waals surface area contributed by atoms with Crippen LogP contribution in [0.25, 0.3) is 0 Å². The monoisotopic (exact) mass is 221 g/mol. The number of hydrogen-bond acceptors (Lipinski definition) is 1. The van der Waals surface area contributed by atoms with Crippen LogP contribution in [0.2, 0.25) is 0 Å². The molecule has 0 amide bonds. The van der Waals surface area contributed by atoms with Crippen molar-refractivity contribution in [3.63, 3.8) is 0 Å². The van der Waals surface area contributed by atoms with Gasteiger partial charge in [-0.1, -0.05) is 26.8 Å². The van der Waals surface area contributed by atoms with Gasteiger partial charge in [0.25, 0.3) is 0 Å². The van der Waals surface area contributed by atoms with E-state index < -0.39 is 0 Å². The number of rotatable bonds is 4. The Morgan fingerprint density at radius 2 is 1.88 bits per heavy atom. The molecule has 0 saturated heterocycles. The van der Waals surface area contributed by atoms with Gasteiger partial charge in [0.05, 0.1) is 5.54 Å². The summed E-state index contributed by atoms with van der Waals surface area (Å²) in [5, 5.41) is 2.41. The first-order chi connectivity index (χ1) is 7.29. The highest BCUT2D eigenvalue weighted by Gasteiger charge is 2.27. The molecular weight excluding hydrogens is 196 g/mol. The summed E-state index contributed by atoms with van der Waals surface area (Å²) in [5.74, 6) is 0. The molecule has 90 valence electrons. The lowest BCUT2D eigenvalue weighted by Crippen LogP contribution is -2.94. The van der Waals surface area contributed by atoms with Crippen LogP contribution in [0, 0.1) is 5.41 Å². The predicted octanol–water partition coefficient (Wildman–Crippen LogP) is 2.36. The molecule has 0 aliphatic heterocycles. The fraction of sp³-hybridized carbons (Fsp3) is 0.643. The van der Waals surface area contributed by atoms with Gasteiger partial charge in [-0.15, -0.1) is 0 Å². The first kappa shape index (κ1) is 13.2. The summed E-state index contributed by atoms with van der Waals surface area (Å²) in [5.41, 5.74) is 1.97. The molecule has 0 fully saturated rings. The zero-order valence-corrected chi connectivity index (χ0v) is 11.2. The lowest BCUT2D eigenvalue weighted by atomic mass is 9.82. The quantitative estimate of drug-likeness (QED) is 0.831. The third-order valence-electron chi connectivity index (χ3n) is 2.60. The van der Waals surface area contributed by atoms with Crippen molar-refractivity contribution in [1.82, 2.24) is 4.98 Å². The average Bonchev–Trinajstić information content (AvgIpc) is 2.13. The third-order valence-corrected chi connectivity index (χ3v) is 2.60. The molecule has 1 heterocycles. The standard InChI is InChI=1S/C14H24N2/c1-13(2,3)11-14(4,5)16-10-12-7-6-8-15-9-12/h6-9,16H,10-11H2,1-5H3/p+1. The van der Waals surface area contributed by atoms with Crippen molar-refractivity contribution in [3.8, 4) is 0 Å². The van der Waals surface area contributed by atoms with Crippen molar-refractivity contribution in [3.05, 3.63) is 30.1 Å². The van der Waals surface area contributed by atoms with Crippen LogP contribution in [-0.4, -0.2) is 10.5 Å². The molecule has 2 N–H and O–H groups in total. The molecule has 0 saturated carbocycles. The second-order valence-corrected chi connectivity index (χ2v) is 6.50. The molecule has 0 atom stereocenters. The Morgan fingerprint density at radius 1 is 1.19 bits per heavy atom. The van der Waals surface area contributed by atoms with Gasteiger partial charge in [-0.2, -0.15) is 0 Å². The van der Waals surface area contributed by atoms with Gasteiger partial charge in [0.2, 0.25) is 0 Å². The Bertz CT molecular complexity index is 309. The molecule has 1 aromatic rings. The van der Waals surface area contributed by atoms with Crippen LogP contribution >= 0.6 is 0 Å². The van der Waals surface area contributed by atoms with E-state index in [0.29, 0.717) is 5.41 Å². The predicted molar refractivity (Wildman–Crippen MR) is 68.0 cm³/mol. The molecule has 0 radical (unpaired) electrons. The van der Waals surface area contributed by atoms with E-state index >= 15 is 0 Å². The van der Waals surface area contributed by atoms with Gasteiger partial charge in [0.1, 0.15) is 6.54 Å². The van der Waals surface area contributed by atoms with E-state index in [-0.39, 0.29) is 5.54 Å². The van der Waals surface area contributed by atoms with Crippen molar-refractivity contribution >= 4 is 0 Å². The Morgan fingerprint density at radius 3 is 2.38 bits per heavy atom.